The number of aliphatic carboxylic acids is 1. The zero-order chi connectivity index (χ0) is 30.8. The molecule has 0 unspecified atom stereocenters. The third-order valence-electron chi connectivity index (χ3n) is 9.66. The topological polar surface area (TPSA) is 37.3 Å². The fraction of sp³-hybridized carbons (Fsp3) is 0.923. The SMILES string of the molecule is CCCCCCCCCCCC[Si](C=CC(=O)O)(CCCCCCCCCCCC)CCCCCCCCCCCC. The Morgan fingerprint density at radius 2 is 0.619 bits per heavy atom. The number of hydrogen-bond acceptors (Lipinski definition) is 1. The molecule has 0 radical (unpaired) electrons. The summed E-state index contributed by atoms with van der Waals surface area (Å²) in [6.45, 7) is 6.88. The summed E-state index contributed by atoms with van der Waals surface area (Å²) >= 11 is 0. The summed E-state index contributed by atoms with van der Waals surface area (Å²) in [7, 11) is -1.69. The Balaban J connectivity index is 4.66. The van der Waals surface area contributed by atoms with E-state index in [4.69, 9.17) is 0 Å². The summed E-state index contributed by atoms with van der Waals surface area (Å²) in [5.41, 5.74) is 2.28. The van der Waals surface area contributed by atoms with E-state index in [0.29, 0.717) is 0 Å². The van der Waals surface area contributed by atoms with Crippen molar-refractivity contribution in [1.29, 1.82) is 0 Å². The van der Waals surface area contributed by atoms with E-state index in [1.807, 2.05) is 0 Å². The molecular formula is C39H78O2Si. The van der Waals surface area contributed by atoms with E-state index in [0.717, 1.165) is 0 Å². The van der Waals surface area contributed by atoms with Crippen LogP contribution in [0.1, 0.15) is 213 Å². The third kappa shape index (κ3) is 29.5. The van der Waals surface area contributed by atoms with Crippen molar-refractivity contribution in [3.05, 3.63) is 11.8 Å². The number of rotatable bonds is 35. The normalized spacial score (nSPS) is 12.1. The average molecular weight is 607 g/mol. The summed E-state index contributed by atoms with van der Waals surface area (Å²) in [5, 5.41) is 9.55. The van der Waals surface area contributed by atoms with Crippen LogP contribution in [0.2, 0.25) is 18.1 Å². The van der Waals surface area contributed by atoms with Crippen molar-refractivity contribution in [2.24, 2.45) is 0 Å². The van der Waals surface area contributed by atoms with E-state index in [1.165, 1.54) is 211 Å². The monoisotopic (exact) mass is 607 g/mol. The minimum absolute atomic E-state index is 0.735. The summed E-state index contributed by atoms with van der Waals surface area (Å²) < 4.78 is 0. The van der Waals surface area contributed by atoms with Gasteiger partial charge in [0.15, 0.2) is 0 Å². The molecule has 0 rings (SSSR count). The van der Waals surface area contributed by atoms with Crippen LogP contribution in [0.4, 0.5) is 0 Å². The lowest BCUT2D eigenvalue weighted by molar-refractivity contribution is -0.131. The highest BCUT2D eigenvalue weighted by Gasteiger charge is 2.28. The third-order valence-corrected chi connectivity index (χ3v) is 14.6. The number of carbonyl (C=O) groups is 1. The van der Waals surface area contributed by atoms with Gasteiger partial charge < -0.3 is 5.11 Å². The predicted octanol–water partition coefficient (Wildman–Crippen LogP) is 14.4. The van der Waals surface area contributed by atoms with Gasteiger partial charge in [0, 0.05) is 6.08 Å². The minimum atomic E-state index is -1.69. The first kappa shape index (κ1) is 41.4. The van der Waals surface area contributed by atoms with Gasteiger partial charge in [0.2, 0.25) is 0 Å². The van der Waals surface area contributed by atoms with Gasteiger partial charge in [-0.3, -0.25) is 0 Å². The van der Waals surface area contributed by atoms with Crippen molar-refractivity contribution in [2.45, 2.75) is 232 Å². The van der Waals surface area contributed by atoms with Gasteiger partial charge in [0.05, 0.1) is 8.07 Å². The van der Waals surface area contributed by atoms with E-state index in [-0.39, 0.29) is 0 Å². The van der Waals surface area contributed by atoms with Gasteiger partial charge in [-0.2, -0.15) is 0 Å². The second kappa shape index (κ2) is 33.3. The van der Waals surface area contributed by atoms with E-state index < -0.39 is 14.0 Å². The maximum atomic E-state index is 11.6. The molecule has 0 aliphatic carbocycles. The molecule has 0 bridgehead atoms. The van der Waals surface area contributed by atoms with Gasteiger partial charge in [-0.05, 0) is 0 Å². The molecular weight excluding hydrogens is 529 g/mol. The Labute approximate surface area is 266 Å². The van der Waals surface area contributed by atoms with Crippen LogP contribution in [0, 0.1) is 0 Å². The molecule has 0 atom stereocenters. The molecule has 0 saturated heterocycles. The predicted molar refractivity (Wildman–Crippen MR) is 192 cm³/mol. The van der Waals surface area contributed by atoms with Crippen molar-refractivity contribution >= 4 is 14.0 Å². The van der Waals surface area contributed by atoms with Gasteiger partial charge in [0.1, 0.15) is 0 Å². The molecule has 3 heteroatoms. The van der Waals surface area contributed by atoms with Crippen molar-refractivity contribution in [3.63, 3.8) is 0 Å². The summed E-state index contributed by atoms with van der Waals surface area (Å²) in [4.78, 5) is 11.6. The van der Waals surface area contributed by atoms with Gasteiger partial charge >= 0.3 is 5.97 Å². The molecule has 0 aromatic carbocycles. The molecule has 1 N–H and O–H groups in total. The fourth-order valence-electron chi connectivity index (χ4n) is 6.77. The Morgan fingerprint density at radius 1 is 0.405 bits per heavy atom. The lowest BCUT2D eigenvalue weighted by Gasteiger charge is -2.29. The van der Waals surface area contributed by atoms with Crippen LogP contribution in [-0.2, 0) is 4.79 Å². The van der Waals surface area contributed by atoms with Gasteiger partial charge in [-0.15, -0.1) is 0 Å². The van der Waals surface area contributed by atoms with Crippen molar-refractivity contribution in [2.75, 3.05) is 0 Å². The number of carboxylic acid groups (broad SMARTS) is 1. The van der Waals surface area contributed by atoms with Gasteiger partial charge in [-0.1, -0.05) is 237 Å². The molecule has 0 spiro atoms. The largest absolute Gasteiger partial charge is 0.478 e. The van der Waals surface area contributed by atoms with E-state index in [1.54, 1.807) is 6.08 Å². The lowest BCUT2D eigenvalue weighted by atomic mass is 10.1. The highest BCUT2D eigenvalue weighted by molar-refractivity contribution is 6.84. The second-order valence-corrected chi connectivity index (χ2v) is 18.4. The lowest BCUT2D eigenvalue weighted by Crippen LogP contribution is -2.32. The molecule has 0 fully saturated rings. The van der Waals surface area contributed by atoms with Crippen LogP contribution >= 0.6 is 0 Å². The van der Waals surface area contributed by atoms with E-state index in [9.17, 15) is 9.90 Å². The number of hydrogen-bond donors (Lipinski definition) is 1. The molecule has 0 saturated carbocycles. The van der Waals surface area contributed by atoms with Crippen LogP contribution in [0.3, 0.4) is 0 Å². The van der Waals surface area contributed by atoms with Crippen LogP contribution < -0.4 is 0 Å². The van der Waals surface area contributed by atoms with Gasteiger partial charge in [-0.25, -0.2) is 4.79 Å². The Bertz CT molecular complexity index is 513. The molecule has 250 valence electrons. The molecule has 0 aliphatic rings. The molecule has 0 amide bonds. The molecule has 0 aliphatic heterocycles. The minimum Gasteiger partial charge on any atom is -0.478 e. The highest BCUT2D eigenvalue weighted by atomic mass is 28.3. The average Bonchev–Trinajstić information content (AvgIpc) is 2.98. The summed E-state index contributed by atoms with van der Waals surface area (Å²) in [5.74, 6) is -0.735. The molecule has 2 nitrogen and oxygen atoms in total. The van der Waals surface area contributed by atoms with Crippen molar-refractivity contribution in [3.8, 4) is 0 Å². The quantitative estimate of drug-likeness (QED) is 0.0442. The van der Waals surface area contributed by atoms with Gasteiger partial charge in [0.25, 0.3) is 0 Å². The zero-order valence-electron chi connectivity index (χ0n) is 29.3. The molecule has 0 aromatic heterocycles. The summed E-state index contributed by atoms with van der Waals surface area (Å²) in [6.07, 6.45) is 43.0. The Morgan fingerprint density at radius 3 is 0.833 bits per heavy atom. The maximum absolute atomic E-state index is 11.6. The van der Waals surface area contributed by atoms with Crippen molar-refractivity contribution < 1.29 is 9.90 Å². The fourth-order valence-corrected chi connectivity index (χ4v) is 11.4. The summed E-state index contributed by atoms with van der Waals surface area (Å²) in [6, 6.07) is 3.96. The van der Waals surface area contributed by atoms with Crippen LogP contribution in [0.15, 0.2) is 11.8 Å². The Hall–Kier alpha value is -0.573. The van der Waals surface area contributed by atoms with E-state index in [2.05, 4.69) is 26.5 Å². The van der Waals surface area contributed by atoms with Crippen LogP contribution in [0.5, 0.6) is 0 Å². The number of carboxylic acids is 1. The smallest absolute Gasteiger partial charge is 0.327 e. The van der Waals surface area contributed by atoms with E-state index >= 15 is 0 Å². The Kier molecular flexibility index (Phi) is 32.9. The number of unbranched alkanes of at least 4 members (excludes halogenated alkanes) is 27. The first-order valence-corrected chi connectivity index (χ1v) is 22.2. The highest BCUT2D eigenvalue weighted by Crippen LogP contribution is 2.31. The van der Waals surface area contributed by atoms with Crippen LogP contribution in [0.25, 0.3) is 0 Å². The second-order valence-electron chi connectivity index (χ2n) is 13.8. The maximum Gasteiger partial charge on any atom is 0.327 e. The first-order chi connectivity index (χ1) is 20.6. The molecule has 0 heterocycles. The standard InChI is InChI=1S/C39H78O2Si/c1-4-7-10-13-16-19-22-25-28-31-35-42(38-34-39(40)41,36-32-29-26-23-20-17-14-11-8-5-2)37-33-30-27-24-21-18-15-12-9-6-3/h34,38H,4-33,35-37H2,1-3H3,(H,40,41). The van der Waals surface area contributed by atoms with Crippen molar-refractivity contribution in [1.82, 2.24) is 0 Å². The molecule has 42 heavy (non-hydrogen) atoms. The zero-order valence-corrected chi connectivity index (χ0v) is 30.3. The first-order valence-electron chi connectivity index (χ1n) is 19.5. The molecule has 0 aromatic rings. The van der Waals surface area contributed by atoms with Crippen LogP contribution in [-0.4, -0.2) is 19.1 Å².